The van der Waals surface area contributed by atoms with Gasteiger partial charge < -0.3 is 25.4 Å². The molecule has 1 amide bonds. The van der Waals surface area contributed by atoms with Crippen molar-refractivity contribution in [2.75, 3.05) is 13.2 Å². The molecule has 0 saturated carbocycles. The van der Waals surface area contributed by atoms with Gasteiger partial charge in [-0.05, 0) is 32.1 Å². The Bertz CT molecular complexity index is 1210. The van der Waals surface area contributed by atoms with Crippen LogP contribution in [0.5, 0.6) is 0 Å². The fraction of sp³-hybridized carbons (Fsp3) is 0.944. The SMILES string of the molecule is CCCCCCCCCCCCC/C=C/C(O)C(CO)NC(=O)CCCCCCCCCCCCCCCCCCCCCCCCCCCCCOC(=O)C(O)CCCCCCCCCCCCCCCCCCCCCC. The normalized spacial score (nSPS) is 12.9. The number of unbranched alkanes of at least 4 members (excludes halogenated alkanes) is 56. The third-order valence-electron chi connectivity index (χ3n) is 17.2. The Labute approximate surface area is 493 Å². The summed E-state index contributed by atoms with van der Waals surface area (Å²) in [5.41, 5.74) is 0. The Kier molecular flexibility index (Phi) is 66.1. The zero-order chi connectivity index (χ0) is 57.3. The Morgan fingerprint density at radius 2 is 0.633 bits per heavy atom. The van der Waals surface area contributed by atoms with E-state index in [0.29, 0.717) is 19.4 Å². The maximum absolute atomic E-state index is 12.5. The van der Waals surface area contributed by atoms with Crippen molar-refractivity contribution in [1.82, 2.24) is 5.32 Å². The molecule has 0 spiro atoms. The van der Waals surface area contributed by atoms with E-state index < -0.39 is 24.2 Å². The molecular formula is C72H141NO6. The van der Waals surface area contributed by atoms with Gasteiger partial charge in [-0.15, -0.1) is 0 Å². The zero-order valence-corrected chi connectivity index (χ0v) is 53.5. The van der Waals surface area contributed by atoms with E-state index in [1.54, 1.807) is 6.08 Å². The van der Waals surface area contributed by atoms with Crippen LogP contribution in [-0.4, -0.2) is 58.7 Å². The summed E-state index contributed by atoms with van der Waals surface area (Å²) in [5.74, 6) is -0.482. The van der Waals surface area contributed by atoms with Crippen LogP contribution < -0.4 is 5.32 Å². The first-order valence-electron chi connectivity index (χ1n) is 36.1. The van der Waals surface area contributed by atoms with Crippen molar-refractivity contribution in [2.24, 2.45) is 0 Å². The van der Waals surface area contributed by atoms with Gasteiger partial charge in [0.05, 0.1) is 25.4 Å². The lowest BCUT2D eigenvalue weighted by Crippen LogP contribution is -2.45. The first kappa shape index (κ1) is 77.6. The van der Waals surface area contributed by atoms with Gasteiger partial charge in [-0.2, -0.15) is 0 Å². The average molecular weight is 1120 g/mol. The highest BCUT2D eigenvalue weighted by molar-refractivity contribution is 5.76. The van der Waals surface area contributed by atoms with Crippen LogP contribution in [0.1, 0.15) is 406 Å². The molecule has 0 aliphatic heterocycles. The van der Waals surface area contributed by atoms with Crippen molar-refractivity contribution in [3.63, 3.8) is 0 Å². The molecule has 0 rings (SSSR count). The molecule has 0 fully saturated rings. The van der Waals surface area contributed by atoms with Crippen LogP contribution in [0.25, 0.3) is 0 Å². The Morgan fingerprint density at radius 3 is 0.937 bits per heavy atom. The number of carbonyl (C=O) groups is 2. The summed E-state index contributed by atoms with van der Waals surface area (Å²) < 4.78 is 5.38. The molecule has 0 radical (unpaired) electrons. The zero-order valence-electron chi connectivity index (χ0n) is 53.5. The molecule has 0 aromatic carbocycles. The summed E-state index contributed by atoms with van der Waals surface area (Å²) >= 11 is 0. The number of aliphatic hydroxyl groups is 3. The molecule has 3 atom stereocenters. The molecule has 3 unspecified atom stereocenters. The number of hydrogen-bond donors (Lipinski definition) is 4. The van der Waals surface area contributed by atoms with Crippen LogP contribution in [0, 0.1) is 0 Å². The highest BCUT2D eigenvalue weighted by Gasteiger charge is 2.18. The second-order valence-electron chi connectivity index (χ2n) is 25.1. The number of amides is 1. The van der Waals surface area contributed by atoms with E-state index in [-0.39, 0.29) is 12.5 Å². The van der Waals surface area contributed by atoms with Gasteiger partial charge in [0, 0.05) is 6.42 Å². The van der Waals surface area contributed by atoms with Gasteiger partial charge >= 0.3 is 5.97 Å². The monoisotopic (exact) mass is 1120 g/mol. The lowest BCUT2D eigenvalue weighted by molar-refractivity contribution is -0.154. The van der Waals surface area contributed by atoms with E-state index in [4.69, 9.17) is 4.74 Å². The van der Waals surface area contributed by atoms with Crippen LogP contribution in [0.2, 0.25) is 0 Å². The van der Waals surface area contributed by atoms with Crippen molar-refractivity contribution >= 4 is 11.9 Å². The summed E-state index contributed by atoms with van der Waals surface area (Å²) in [5, 5.41) is 33.4. The number of carbonyl (C=O) groups excluding carboxylic acids is 2. The van der Waals surface area contributed by atoms with Crippen molar-refractivity contribution in [3.8, 4) is 0 Å². The van der Waals surface area contributed by atoms with E-state index in [1.807, 2.05) is 6.08 Å². The Morgan fingerprint density at radius 1 is 0.367 bits per heavy atom. The van der Waals surface area contributed by atoms with Crippen molar-refractivity contribution in [1.29, 1.82) is 0 Å². The van der Waals surface area contributed by atoms with E-state index in [0.717, 1.165) is 51.4 Å². The van der Waals surface area contributed by atoms with E-state index in [1.165, 1.54) is 327 Å². The predicted molar refractivity (Wildman–Crippen MR) is 344 cm³/mol. The maximum atomic E-state index is 12.5. The highest BCUT2D eigenvalue weighted by atomic mass is 16.5. The van der Waals surface area contributed by atoms with Crippen LogP contribution in [0.15, 0.2) is 12.2 Å². The van der Waals surface area contributed by atoms with Gasteiger partial charge in [0.25, 0.3) is 0 Å². The second-order valence-corrected chi connectivity index (χ2v) is 25.1. The van der Waals surface area contributed by atoms with Crippen molar-refractivity contribution in [2.45, 2.75) is 424 Å². The van der Waals surface area contributed by atoms with Gasteiger partial charge in [-0.25, -0.2) is 4.79 Å². The van der Waals surface area contributed by atoms with Gasteiger partial charge in [-0.1, -0.05) is 379 Å². The lowest BCUT2D eigenvalue weighted by atomic mass is 10.0. The minimum Gasteiger partial charge on any atom is -0.464 e. The average Bonchev–Trinajstić information content (AvgIpc) is 3.45. The molecule has 7 heteroatoms. The standard InChI is InChI=1S/C72H141NO6/c1-3-5-7-9-11-13-15-17-18-19-20-30-33-36-40-44-48-52-56-60-64-70(76)72(78)79-66-62-58-54-50-46-42-38-35-32-29-27-25-23-21-22-24-26-28-31-34-37-41-45-49-53-57-61-65-71(77)73-68(67-74)69(75)63-59-55-51-47-43-39-16-14-12-10-8-6-4-2/h59,63,68-70,74-76H,3-58,60-62,64-67H2,1-2H3,(H,73,77)/b63-59+. The molecule has 470 valence electrons. The highest BCUT2D eigenvalue weighted by Crippen LogP contribution is 2.19. The van der Waals surface area contributed by atoms with Crippen LogP contribution >= 0.6 is 0 Å². The molecule has 0 bridgehead atoms. The summed E-state index contributed by atoms with van der Waals surface area (Å²) in [6.07, 6.45) is 80.7. The minimum atomic E-state index is -0.946. The van der Waals surface area contributed by atoms with E-state index in [2.05, 4.69) is 19.2 Å². The lowest BCUT2D eigenvalue weighted by Gasteiger charge is -2.20. The first-order chi connectivity index (χ1) is 39.0. The molecule has 0 aromatic rings. The van der Waals surface area contributed by atoms with Crippen LogP contribution in [0.3, 0.4) is 0 Å². The summed E-state index contributed by atoms with van der Waals surface area (Å²) in [6, 6.07) is -0.628. The van der Waals surface area contributed by atoms with Crippen LogP contribution in [0.4, 0.5) is 0 Å². The maximum Gasteiger partial charge on any atom is 0.334 e. The fourth-order valence-electron chi connectivity index (χ4n) is 11.6. The molecular weight excluding hydrogens is 975 g/mol. The number of hydrogen-bond acceptors (Lipinski definition) is 6. The molecule has 7 nitrogen and oxygen atoms in total. The molecule has 0 aromatic heterocycles. The van der Waals surface area contributed by atoms with Gasteiger partial charge in [0.15, 0.2) is 6.10 Å². The molecule has 0 aliphatic carbocycles. The largest absolute Gasteiger partial charge is 0.464 e. The number of allylic oxidation sites excluding steroid dienone is 1. The molecule has 79 heavy (non-hydrogen) atoms. The number of aliphatic hydroxyl groups excluding tert-OH is 3. The third-order valence-corrected chi connectivity index (χ3v) is 17.2. The van der Waals surface area contributed by atoms with Gasteiger partial charge in [-0.3, -0.25) is 4.79 Å². The van der Waals surface area contributed by atoms with E-state index in [9.17, 15) is 24.9 Å². The quantitative estimate of drug-likeness (QED) is 0.0274. The van der Waals surface area contributed by atoms with E-state index >= 15 is 0 Å². The Hall–Kier alpha value is -1.44. The van der Waals surface area contributed by atoms with Crippen molar-refractivity contribution < 1.29 is 29.6 Å². The molecule has 0 aliphatic rings. The van der Waals surface area contributed by atoms with Crippen molar-refractivity contribution in [3.05, 3.63) is 12.2 Å². The summed E-state index contributed by atoms with van der Waals surface area (Å²) in [6.45, 7) is 4.76. The number of ether oxygens (including phenoxy) is 1. The molecule has 0 heterocycles. The van der Waals surface area contributed by atoms with Crippen LogP contribution in [-0.2, 0) is 14.3 Å². The van der Waals surface area contributed by atoms with Gasteiger partial charge in [0.2, 0.25) is 5.91 Å². The second kappa shape index (κ2) is 67.4. The fourth-order valence-corrected chi connectivity index (χ4v) is 11.6. The summed E-state index contributed by atoms with van der Waals surface area (Å²) in [7, 11) is 0. The number of rotatable bonds is 68. The molecule has 4 N–H and O–H groups in total. The number of esters is 1. The first-order valence-corrected chi connectivity index (χ1v) is 36.1. The van der Waals surface area contributed by atoms with Gasteiger partial charge in [0.1, 0.15) is 0 Å². The third kappa shape index (κ3) is 62.4. The Balaban J connectivity index is 3.36. The smallest absolute Gasteiger partial charge is 0.334 e. The molecule has 0 saturated heterocycles. The number of nitrogens with one attached hydrogen (secondary N) is 1. The minimum absolute atomic E-state index is 0.0667. The predicted octanol–water partition coefficient (Wildman–Crippen LogP) is 22.1. The topological polar surface area (TPSA) is 116 Å². The summed E-state index contributed by atoms with van der Waals surface area (Å²) in [4.78, 5) is 24.7.